The van der Waals surface area contributed by atoms with Crippen LogP contribution >= 0.6 is 0 Å². The van der Waals surface area contributed by atoms with Crippen molar-refractivity contribution >= 4 is 16.8 Å². The van der Waals surface area contributed by atoms with Crippen molar-refractivity contribution in [1.82, 2.24) is 25.1 Å². The van der Waals surface area contributed by atoms with Crippen molar-refractivity contribution < 1.29 is 9.53 Å². The fraction of sp³-hybridized carbons (Fsp3) is 0.389. The monoisotopic (exact) mass is 339 g/mol. The summed E-state index contributed by atoms with van der Waals surface area (Å²) >= 11 is 0. The Morgan fingerprint density at radius 3 is 3.16 bits per heavy atom. The minimum absolute atomic E-state index is 0.0312. The fourth-order valence-electron chi connectivity index (χ4n) is 3.39. The second-order valence-electron chi connectivity index (χ2n) is 6.39. The van der Waals surface area contributed by atoms with Gasteiger partial charge in [-0.2, -0.15) is 0 Å². The van der Waals surface area contributed by atoms with Crippen molar-refractivity contribution in [3.05, 3.63) is 47.7 Å². The Kier molecular flexibility index (Phi) is 4.23. The van der Waals surface area contributed by atoms with Crippen LogP contribution in [0.2, 0.25) is 0 Å². The number of methoxy groups -OCH3 is 1. The smallest absolute Gasteiger partial charge is 0.251 e. The Balaban J connectivity index is 1.44. The van der Waals surface area contributed by atoms with Crippen LogP contribution in [0, 0.1) is 0 Å². The molecule has 25 heavy (non-hydrogen) atoms. The predicted molar refractivity (Wildman–Crippen MR) is 93.2 cm³/mol. The van der Waals surface area contributed by atoms with E-state index in [4.69, 9.17) is 4.74 Å². The molecule has 2 N–H and O–H groups in total. The van der Waals surface area contributed by atoms with Gasteiger partial charge in [0.1, 0.15) is 12.4 Å². The fourth-order valence-corrected chi connectivity index (χ4v) is 3.39. The van der Waals surface area contributed by atoms with Gasteiger partial charge in [-0.15, -0.1) is 10.2 Å². The summed E-state index contributed by atoms with van der Waals surface area (Å²) in [5.41, 5.74) is 1.66. The third kappa shape index (κ3) is 3.15. The number of ether oxygens (including phenoxy) is 1. The van der Waals surface area contributed by atoms with Gasteiger partial charge >= 0.3 is 0 Å². The van der Waals surface area contributed by atoms with Crippen LogP contribution in [-0.2, 0) is 24.3 Å². The Bertz CT molecular complexity index is 898. The molecule has 2 aromatic heterocycles. The first kappa shape index (κ1) is 15.8. The topological polar surface area (TPSA) is 84.8 Å². The molecule has 0 saturated heterocycles. The summed E-state index contributed by atoms with van der Waals surface area (Å²) in [7, 11) is 1.66. The summed E-state index contributed by atoms with van der Waals surface area (Å²) in [6.07, 6.45) is 4.40. The molecule has 1 unspecified atom stereocenters. The van der Waals surface area contributed by atoms with Gasteiger partial charge < -0.3 is 19.6 Å². The number of nitrogens with one attached hydrogen (secondary N) is 2. The van der Waals surface area contributed by atoms with Gasteiger partial charge in [0.15, 0.2) is 5.82 Å². The van der Waals surface area contributed by atoms with Crippen LogP contribution in [-0.4, -0.2) is 38.8 Å². The van der Waals surface area contributed by atoms with E-state index in [-0.39, 0.29) is 11.9 Å². The van der Waals surface area contributed by atoms with E-state index in [1.807, 2.05) is 30.5 Å². The number of nitrogens with zero attached hydrogens (tertiary/aromatic N) is 3. The first-order valence-corrected chi connectivity index (χ1v) is 8.52. The molecular formula is C18H21N5O2. The molecule has 0 fully saturated rings. The zero-order valence-corrected chi connectivity index (χ0v) is 14.2. The highest BCUT2D eigenvalue weighted by molar-refractivity contribution is 5.98. The van der Waals surface area contributed by atoms with Crippen molar-refractivity contribution in [3.63, 3.8) is 0 Å². The van der Waals surface area contributed by atoms with Gasteiger partial charge in [0.05, 0.1) is 0 Å². The highest BCUT2D eigenvalue weighted by Gasteiger charge is 2.21. The normalized spacial score (nSPS) is 17.2. The van der Waals surface area contributed by atoms with E-state index >= 15 is 0 Å². The Labute approximate surface area is 145 Å². The van der Waals surface area contributed by atoms with E-state index in [0.29, 0.717) is 12.2 Å². The van der Waals surface area contributed by atoms with E-state index in [1.54, 1.807) is 7.11 Å². The zero-order valence-electron chi connectivity index (χ0n) is 14.2. The third-order valence-electron chi connectivity index (χ3n) is 4.75. The lowest BCUT2D eigenvalue weighted by molar-refractivity contribution is 0.0933. The molecule has 0 bridgehead atoms. The predicted octanol–water partition coefficient (Wildman–Crippen LogP) is 2.04. The van der Waals surface area contributed by atoms with Gasteiger partial charge in [0, 0.05) is 43.4 Å². The summed E-state index contributed by atoms with van der Waals surface area (Å²) in [6, 6.07) is 7.85. The van der Waals surface area contributed by atoms with Crippen LogP contribution in [0.1, 0.15) is 34.8 Å². The molecule has 1 amide bonds. The Morgan fingerprint density at radius 2 is 2.28 bits per heavy atom. The number of H-pyrrole nitrogens is 1. The molecule has 3 heterocycles. The quantitative estimate of drug-likeness (QED) is 0.762. The molecule has 7 heteroatoms. The average molecular weight is 339 g/mol. The maximum absolute atomic E-state index is 12.6. The molecule has 0 radical (unpaired) electrons. The number of fused-ring (bicyclic) bond motifs is 2. The van der Waals surface area contributed by atoms with Gasteiger partial charge in [0.2, 0.25) is 0 Å². The van der Waals surface area contributed by atoms with Crippen LogP contribution in [0.4, 0.5) is 0 Å². The van der Waals surface area contributed by atoms with Crippen LogP contribution < -0.4 is 5.32 Å². The Morgan fingerprint density at radius 1 is 1.36 bits per heavy atom. The molecular weight excluding hydrogens is 318 g/mol. The molecule has 0 aliphatic carbocycles. The lowest BCUT2D eigenvalue weighted by atomic mass is 10.1. The van der Waals surface area contributed by atoms with E-state index in [0.717, 1.165) is 48.4 Å². The molecule has 130 valence electrons. The minimum Gasteiger partial charge on any atom is -0.377 e. The SMILES string of the molecule is COCc1nnc2n1CCC(NC(=O)c1ccc3cc[nH]c3c1)CC2. The molecule has 1 aromatic carbocycles. The van der Waals surface area contributed by atoms with Crippen molar-refractivity contribution in [2.24, 2.45) is 0 Å². The van der Waals surface area contributed by atoms with Crippen LogP contribution in [0.15, 0.2) is 30.5 Å². The number of carbonyl (C=O) groups is 1. The Hall–Kier alpha value is -2.67. The van der Waals surface area contributed by atoms with E-state index < -0.39 is 0 Å². The largest absolute Gasteiger partial charge is 0.377 e. The molecule has 3 aromatic rings. The number of aromatic amines is 1. The van der Waals surface area contributed by atoms with Crippen LogP contribution in [0.5, 0.6) is 0 Å². The van der Waals surface area contributed by atoms with Gasteiger partial charge in [-0.3, -0.25) is 4.79 Å². The standard InChI is InChI=1S/C18H21N5O2/c1-25-11-17-22-21-16-5-4-14(7-9-23(16)17)20-18(24)13-3-2-12-6-8-19-15(12)10-13/h2-3,6,8,10,14,19H,4-5,7,9,11H2,1H3,(H,20,24). The summed E-state index contributed by atoms with van der Waals surface area (Å²) in [4.78, 5) is 15.7. The number of benzene rings is 1. The second kappa shape index (κ2) is 6.68. The number of aromatic nitrogens is 4. The summed E-state index contributed by atoms with van der Waals surface area (Å²) in [6.45, 7) is 1.25. The van der Waals surface area contributed by atoms with Gasteiger partial charge in [-0.05, 0) is 36.4 Å². The highest BCUT2D eigenvalue weighted by atomic mass is 16.5. The van der Waals surface area contributed by atoms with Crippen molar-refractivity contribution in [1.29, 1.82) is 0 Å². The van der Waals surface area contributed by atoms with Crippen LogP contribution in [0.3, 0.4) is 0 Å². The molecule has 4 rings (SSSR count). The molecule has 1 aliphatic heterocycles. The number of amides is 1. The second-order valence-corrected chi connectivity index (χ2v) is 6.39. The number of aryl methyl sites for hydroxylation is 1. The lowest BCUT2D eigenvalue weighted by Crippen LogP contribution is -2.35. The number of carbonyl (C=O) groups excluding carboxylic acids is 1. The highest BCUT2D eigenvalue weighted by Crippen LogP contribution is 2.18. The van der Waals surface area contributed by atoms with Crippen molar-refractivity contribution in [3.8, 4) is 0 Å². The van der Waals surface area contributed by atoms with Crippen LogP contribution in [0.25, 0.3) is 10.9 Å². The number of hydrogen-bond donors (Lipinski definition) is 2. The maximum atomic E-state index is 12.6. The van der Waals surface area contributed by atoms with Gasteiger partial charge in [0.25, 0.3) is 5.91 Å². The molecule has 1 atom stereocenters. The molecule has 7 nitrogen and oxygen atoms in total. The first-order chi connectivity index (χ1) is 12.2. The maximum Gasteiger partial charge on any atom is 0.251 e. The first-order valence-electron chi connectivity index (χ1n) is 8.52. The molecule has 0 spiro atoms. The molecule has 0 saturated carbocycles. The molecule has 1 aliphatic rings. The minimum atomic E-state index is -0.0312. The summed E-state index contributed by atoms with van der Waals surface area (Å²) in [5, 5.41) is 12.7. The number of hydrogen-bond acceptors (Lipinski definition) is 4. The van der Waals surface area contributed by atoms with E-state index in [1.165, 1.54) is 0 Å². The average Bonchev–Trinajstić information content (AvgIpc) is 3.18. The third-order valence-corrected chi connectivity index (χ3v) is 4.75. The summed E-state index contributed by atoms with van der Waals surface area (Å²) in [5.74, 6) is 1.79. The van der Waals surface area contributed by atoms with Gasteiger partial charge in [-0.25, -0.2) is 0 Å². The van der Waals surface area contributed by atoms with Crippen molar-refractivity contribution in [2.75, 3.05) is 7.11 Å². The van der Waals surface area contributed by atoms with Gasteiger partial charge in [-0.1, -0.05) is 6.07 Å². The van der Waals surface area contributed by atoms with E-state index in [2.05, 4.69) is 25.1 Å². The zero-order chi connectivity index (χ0) is 17.2. The number of rotatable bonds is 4. The summed E-state index contributed by atoms with van der Waals surface area (Å²) < 4.78 is 7.29. The lowest BCUT2D eigenvalue weighted by Gasteiger charge is -2.16. The van der Waals surface area contributed by atoms with Crippen molar-refractivity contribution in [2.45, 2.75) is 38.5 Å². The van der Waals surface area contributed by atoms with E-state index in [9.17, 15) is 4.79 Å².